The zero-order chi connectivity index (χ0) is 12.7. The molecule has 17 heavy (non-hydrogen) atoms. The molecule has 0 aromatic rings. The molecule has 1 fully saturated rings. The molecule has 3 atom stereocenters. The summed E-state index contributed by atoms with van der Waals surface area (Å²) in [6, 6.07) is 0. The Bertz CT molecular complexity index is 315. The molecule has 0 radical (unpaired) electrons. The van der Waals surface area contributed by atoms with Gasteiger partial charge in [-0.15, -0.1) is 0 Å². The van der Waals surface area contributed by atoms with E-state index in [9.17, 15) is 0 Å². The fourth-order valence-electron chi connectivity index (χ4n) is 4.63. The van der Waals surface area contributed by atoms with Crippen molar-refractivity contribution >= 4 is 0 Å². The molecule has 0 heterocycles. The number of rotatable bonds is 2. The summed E-state index contributed by atoms with van der Waals surface area (Å²) in [6.07, 6.45) is 7.90. The maximum Gasteiger partial charge on any atom is 0.0532 e. The second-order valence-corrected chi connectivity index (χ2v) is 7.09. The molecule has 0 saturated heterocycles. The molecule has 98 valence electrons. The van der Waals surface area contributed by atoms with E-state index in [0.29, 0.717) is 16.7 Å². The first kappa shape index (κ1) is 13.1. The molecule has 0 amide bonds. The maximum atomic E-state index is 5.49. The van der Waals surface area contributed by atoms with Crippen LogP contribution in [0.25, 0.3) is 0 Å². The summed E-state index contributed by atoms with van der Waals surface area (Å²) in [6.45, 7) is 10.6. The predicted octanol–water partition coefficient (Wildman–Crippen LogP) is 4.43. The lowest BCUT2D eigenvalue weighted by molar-refractivity contribution is -0.0562. The fraction of sp³-hybridized carbons (Fsp3) is 0.875. The number of methoxy groups -OCH3 is 1. The van der Waals surface area contributed by atoms with Crippen LogP contribution in [0.15, 0.2) is 11.6 Å². The van der Waals surface area contributed by atoms with Gasteiger partial charge < -0.3 is 4.74 Å². The van der Waals surface area contributed by atoms with Gasteiger partial charge in [-0.05, 0) is 42.9 Å². The normalized spacial score (nSPS) is 40.6. The van der Waals surface area contributed by atoms with Gasteiger partial charge in [-0.3, -0.25) is 0 Å². The van der Waals surface area contributed by atoms with Crippen molar-refractivity contribution in [2.75, 3.05) is 13.7 Å². The molecule has 0 aliphatic heterocycles. The van der Waals surface area contributed by atoms with Crippen LogP contribution in [0, 0.1) is 22.7 Å². The van der Waals surface area contributed by atoms with Crippen LogP contribution in [0.5, 0.6) is 0 Å². The van der Waals surface area contributed by atoms with E-state index in [1.807, 2.05) is 7.11 Å². The van der Waals surface area contributed by atoms with Gasteiger partial charge in [0.25, 0.3) is 0 Å². The standard InChI is InChI=1S/C16H28O/c1-12-7-8-14-15(2,3)9-6-10-16(14,4)13(12)11-17-5/h7,13-14H,6,8-11H2,1-5H3/t13-,14-,16+/m0/s1. The van der Waals surface area contributed by atoms with Crippen molar-refractivity contribution in [3.63, 3.8) is 0 Å². The Morgan fingerprint density at radius 1 is 1.29 bits per heavy atom. The Morgan fingerprint density at radius 3 is 2.65 bits per heavy atom. The Hall–Kier alpha value is -0.300. The first-order chi connectivity index (χ1) is 7.92. The van der Waals surface area contributed by atoms with Crippen LogP contribution >= 0.6 is 0 Å². The van der Waals surface area contributed by atoms with Gasteiger partial charge in [0.15, 0.2) is 0 Å². The van der Waals surface area contributed by atoms with Crippen LogP contribution in [0.4, 0.5) is 0 Å². The van der Waals surface area contributed by atoms with Gasteiger partial charge in [0.1, 0.15) is 0 Å². The van der Waals surface area contributed by atoms with Crippen LogP contribution in [-0.2, 0) is 4.74 Å². The zero-order valence-corrected chi connectivity index (χ0v) is 12.2. The summed E-state index contributed by atoms with van der Waals surface area (Å²) in [4.78, 5) is 0. The van der Waals surface area contributed by atoms with Crippen molar-refractivity contribution in [2.24, 2.45) is 22.7 Å². The van der Waals surface area contributed by atoms with Crippen molar-refractivity contribution in [1.82, 2.24) is 0 Å². The molecule has 0 spiro atoms. The van der Waals surface area contributed by atoms with E-state index >= 15 is 0 Å². The predicted molar refractivity (Wildman–Crippen MR) is 73.0 cm³/mol. The largest absolute Gasteiger partial charge is 0.384 e. The van der Waals surface area contributed by atoms with Crippen molar-refractivity contribution in [3.8, 4) is 0 Å². The third kappa shape index (κ3) is 2.07. The van der Waals surface area contributed by atoms with E-state index in [4.69, 9.17) is 4.74 Å². The molecule has 0 aromatic carbocycles. The third-order valence-corrected chi connectivity index (χ3v) is 5.63. The summed E-state index contributed by atoms with van der Waals surface area (Å²) in [5.74, 6) is 1.46. The number of fused-ring (bicyclic) bond motifs is 1. The minimum Gasteiger partial charge on any atom is -0.384 e. The number of allylic oxidation sites excluding steroid dienone is 1. The van der Waals surface area contributed by atoms with Crippen LogP contribution < -0.4 is 0 Å². The van der Waals surface area contributed by atoms with Gasteiger partial charge in [0.05, 0.1) is 6.61 Å². The lowest BCUT2D eigenvalue weighted by Gasteiger charge is -2.56. The van der Waals surface area contributed by atoms with Crippen molar-refractivity contribution in [3.05, 3.63) is 11.6 Å². The van der Waals surface area contributed by atoms with E-state index in [2.05, 4.69) is 33.8 Å². The van der Waals surface area contributed by atoms with Gasteiger partial charge >= 0.3 is 0 Å². The Balaban J connectivity index is 2.35. The smallest absolute Gasteiger partial charge is 0.0532 e. The average Bonchev–Trinajstić information content (AvgIpc) is 2.22. The van der Waals surface area contributed by atoms with Crippen LogP contribution in [0.1, 0.15) is 53.4 Å². The first-order valence-corrected chi connectivity index (χ1v) is 7.07. The highest BCUT2D eigenvalue weighted by atomic mass is 16.5. The number of hydrogen-bond donors (Lipinski definition) is 0. The second-order valence-electron chi connectivity index (χ2n) is 7.09. The van der Waals surface area contributed by atoms with E-state index in [1.165, 1.54) is 25.7 Å². The molecule has 1 nitrogen and oxygen atoms in total. The molecule has 0 N–H and O–H groups in total. The van der Waals surface area contributed by atoms with E-state index < -0.39 is 0 Å². The molecular formula is C16H28O. The Morgan fingerprint density at radius 2 is 2.00 bits per heavy atom. The van der Waals surface area contributed by atoms with Gasteiger partial charge in [-0.2, -0.15) is 0 Å². The minimum absolute atomic E-state index is 0.455. The molecule has 0 aromatic heterocycles. The molecular weight excluding hydrogens is 208 g/mol. The summed E-state index contributed by atoms with van der Waals surface area (Å²) < 4.78 is 5.49. The van der Waals surface area contributed by atoms with Crippen molar-refractivity contribution < 1.29 is 4.74 Å². The van der Waals surface area contributed by atoms with Crippen LogP contribution in [-0.4, -0.2) is 13.7 Å². The summed E-state index contributed by atoms with van der Waals surface area (Å²) >= 11 is 0. The minimum atomic E-state index is 0.455. The van der Waals surface area contributed by atoms with Gasteiger partial charge in [0, 0.05) is 13.0 Å². The highest BCUT2D eigenvalue weighted by Crippen LogP contribution is 2.59. The van der Waals surface area contributed by atoms with Crippen LogP contribution in [0.2, 0.25) is 0 Å². The third-order valence-electron chi connectivity index (χ3n) is 5.63. The number of hydrogen-bond acceptors (Lipinski definition) is 1. The average molecular weight is 236 g/mol. The van der Waals surface area contributed by atoms with Gasteiger partial charge in [-0.25, -0.2) is 0 Å². The molecule has 2 rings (SSSR count). The maximum absolute atomic E-state index is 5.49. The second kappa shape index (κ2) is 4.42. The number of ether oxygens (including phenoxy) is 1. The molecule has 2 aliphatic rings. The van der Waals surface area contributed by atoms with Gasteiger partial charge in [-0.1, -0.05) is 38.8 Å². The van der Waals surface area contributed by atoms with Crippen LogP contribution in [0.3, 0.4) is 0 Å². The molecule has 2 aliphatic carbocycles. The zero-order valence-electron chi connectivity index (χ0n) is 12.2. The van der Waals surface area contributed by atoms with Gasteiger partial charge in [0.2, 0.25) is 0 Å². The van der Waals surface area contributed by atoms with Crippen molar-refractivity contribution in [1.29, 1.82) is 0 Å². The van der Waals surface area contributed by atoms with Crippen molar-refractivity contribution in [2.45, 2.75) is 53.4 Å². The Labute approximate surface area is 107 Å². The Kier molecular flexibility index (Phi) is 3.42. The SMILES string of the molecule is COC[C@H]1C(C)=CC[C@H]2C(C)(C)CCC[C@]12C. The monoisotopic (exact) mass is 236 g/mol. The van der Waals surface area contributed by atoms with E-state index in [0.717, 1.165) is 12.5 Å². The molecule has 0 unspecified atom stereocenters. The molecule has 0 bridgehead atoms. The summed E-state index contributed by atoms with van der Waals surface area (Å²) in [5, 5.41) is 0. The fourth-order valence-corrected chi connectivity index (χ4v) is 4.63. The molecule has 1 heteroatoms. The summed E-state index contributed by atoms with van der Waals surface area (Å²) in [5.41, 5.74) is 2.51. The lowest BCUT2D eigenvalue weighted by atomic mass is 9.49. The topological polar surface area (TPSA) is 9.23 Å². The highest BCUT2D eigenvalue weighted by Gasteiger charge is 2.51. The highest BCUT2D eigenvalue weighted by molar-refractivity contribution is 5.18. The van der Waals surface area contributed by atoms with E-state index in [-0.39, 0.29) is 0 Å². The molecule has 1 saturated carbocycles. The summed E-state index contributed by atoms with van der Waals surface area (Å²) in [7, 11) is 1.84. The quantitative estimate of drug-likeness (QED) is 0.644. The first-order valence-electron chi connectivity index (χ1n) is 7.07. The van der Waals surface area contributed by atoms with E-state index in [1.54, 1.807) is 5.57 Å². The lowest BCUT2D eigenvalue weighted by Crippen LogP contribution is -2.49.